The number of anilines is 1. The quantitative estimate of drug-likeness (QED) is 0.894. The summed E-state index contributed by atoms with van der Waals surface area (Å²) >= 11 is 0. The van der Waals surface area contributed by atoms with Gasteiger partial charge in [-0.25, -0.2) is 4.98 Å². The number of benzene rings is 1. The topological polar surface area (TPSA) is 39.6 Å². The Kier molecular flexibility index (Phi) is 3.25. The summed E-state index contributed by atoms with van der Waals surface area (Å²) < 4.78 is 0. The lowest BCUT2D eigenvalue weighted by atomic mass is 10.2. The van der Waals surface area contributed by atoms with Crippen molar-refractivity contribution < 1.29 is 5.11 Å². The first-order chi connectivity index (χ1) is 9.28. The third-order valence-corrected chi connectivity index (χ3v) is 3.83. The molecule has 1 N–H and O–H groups in total. The molecule has 4 heteroatoms. The van der Waals surface area contributed by atoms with Crippen molar-refractivity contribution in [2.45, 2.75) is 6.92 Å². The zero-order valence-corrected chi connectivity index (χ0v) is 11.2. The highest BCUT2D eigenvalue weighted by Crippen LogP contribution is 2.25. The summed E-state index contributed by atoms with van der Waals surface area (Å²) in [5, 5.41) is 10.9. The molecule has 0 radical (unpaired) electrons. The third kappa shape index (κ3) is 2.36. The molecule has 1 fully saturated rings. The van der Waals surface area contributed by atoms with Gasteiger partial charge in [0.15, 0.2) is 0 Å². The lowest BCUT2D eigenvalue weighted by Gasteiger charge is -2.34. The van der Waals surface area contributed by atoms with Gasteiger partial charge in [-0.3, -0.25) is 0 Å². The number of phenols is 1. The predicted molar refractivity (Wildman–Crippen MR) is 77.7 cm³/mol. The second-order valence-corrected chi connectivity index (χ2v) is 4.94. The number of aromatic nitrogens is 1. The SMILES string of the molecule is CCN1CCN(c2ccc3cccc(O)c3n2)CC1. The minimum absolute atomic E-state index is 0.256. The van der Waals surface area contributed by atoms with E-state index in [1.165, 1.54) is 0 Å². The first-order valence-electron chi connectivity index (χ1n) is 6.84. The predicted octanol–water partition coefficient (Wildman–Crippen LogP) is 2.08. The van der Waals surface area contributed by atoms with Crippen LogP contribution in [0.15, 0.2) is 30.3 Å². The van der Waals surface area contributed by atoms with Crippen molar-refractivity contribution in [1.82, 2.24) is 9.88 Å². The van der Waals surface area contributed by atoms with Crippen molar-refractivity contribution in [2.24, 2.45) is 0 Å². The molecule has 3 rings (SSSR count). The minimum Gasteiger partial charge on any atom is -0.506 e. The summed E-state index contributed by atoms with van der Waals surface area (Å²) in [7, 11) is 0. The number of pyridine rings is 1. The van der Waals surface area contributed by atoms with Crippen molar-refractivity contribution >= 4 is 16.7 Å². The van der Waals surface area contributed by atoms with E-state index in [-0.39, 0.29) is 5.75 Å². The Morgan fingerprint density at radius 3 is 2.63 bits per heavy atom. The van der Waals surface area contributed by atoms with Gasteiger partial charge in [0.25, 0.3) is 0 Å². The van der Waals surface area contributed by atoms with E-state index in [1.807, 2.05) is 24.3 Å². The minimum atomic E-state index is 0.256. The molecule has 1 aromatic carbocycles. The maximum Gasteiger partial charge on any atom is 0.141 e. The molecule has 2 aromatic rings. The van der Waals surface area contributed by atoms with Gasteiger partial charge in [0.2, 0.25) is 0 Å². The molecular formula is C15H19N3O. The van der Waals surface area contributed by atoms with Crippen LogP contribution in [-0.4, -0.2) is 47.7 Å². The number of likely N-dealkylation sites (N-methyl/N-ethyl adjacent to an activating group) is 1. The van der Waals surface area contributed by atoms with Gasteiger partial charge < -0.3 is 14.9 Å². The average molecular weight is 257 g/mol. The summed E-state index contributed by atoms with van der Waals surface area (Å²) in [6, 6.07) is 9.58. The molecule has 1 aliphatic heterocycles. The van der Waals surface area contributed by atoms with E-state index in [0.29, 0.717) is 5.52 Å². The number of phenolic OH excluding ortho intramolecular Hbond substituents is 1. The van der Waals surface area contributed by atoms with Crippen molar-refractivity contribution in [3.05, 3.63) is 30.3 Å². The molecule has 2 heterocycles. The molecule has 0 unspecified atom stereocenters. The van der Waals surface area contributed by atoms with Crippen LogP contribution in [0.2, 0.25) is 0 Å². The van der Waals surface area contributed by atoms with Crippen LogP contribution in [0.3, 0.4) is 0 Å². The zero-order valence-electron chi connectivity index (χ0n) is 11.2. The number of rotatable bonds is 2. The van der Waals surface area contributed by atoms with Gasteiger partial charge in [-0.1, -0.05) is 19.1 Å². The normalized spacial score (nSPS) is 17.0. The van der Waals surface area contributed by atoms with E-state index in [9.17, 15) is 5.11 Å². The van der Waals surface area contributed by atoms with E-state index < -0.39 is 0 Å². The Balaban J connectivity index is 1.87. The van der Waals surface area contributed by atoms with Crippen LogP contribution in [0, 0.1) is 0 Å². The van der Waals surface area contributed by atoms with Crippen LogP contribution >= 0.6 is 0 Å². The number of nitrogens with zero attached hydrogens (tertiary/aromatic N) is 3. The van der Waals surface area contributed by atoms with E-state index in [0.717, 1.165) is 43.9 Å². The molecule has 0 spiro atoms. The molecule has 0 bridgehead atoms. The number of fused-ring (bicyclic) bond motifs is 1. The van der Waals surface area contributed by atoms with E-state index >= 15 is 0 Å². The number of piperazine rings is 1. The summed E-state index contributed by atoms with van der Waals surface area (Å²) in [6.07, 6.45) is 0. The standard InChI is InChI=1S/C15H19N3O/c1-2-17-8-10-18(11-9-17)14-7-6-12-4-3-5-13(19)15(12)16-14/h3-7,19H,2,8-11H2,1H3. The highest BCUT2D eigenvalue weighted by atomic mass is 16.3. The van der Waals surface area contributed by atoms with Gasteiger partial charge in [0.05, 0.1) is 0 Å². The lowest BCUT2D eigenvalue weighted by molar-refractivity contribution is 0.270. The maximum absolute atomic E-state index is 9.88. The van der Waals surface area contributed by atoms with Crippen molar-refractivity contribution in [3.8, 4) is 5.75 Å². The maximum atomic E-state index is 9.88. The molecule has 4 nitrogen and oxygen atoms in total. The van der Waals surface area contributed by atoms with Crippen LogP contribution in [0.1, 0.15) is 6.92 Å². The van der Waals surface area contributed by atoms with Gasteiger partial charge in [-0.15, -0.1) is 0 Å². The van der Waals surface area contributed by atoms with Crippen LogP contribution in [0.4, 0.5) is 5.82 Å². The first-order valence-corrected chi connectivity index (χ1v) is 6.84. The average Bonchev–Trinajstić information content (AvgIpc) is 2.47. The van der Waals surface area contributed by atoms with Gasteiger partial charge in [-0.05, 0) is 24.7 Å². The molecule has 0 aliphatic carbocycles. The molecule has 19 heavy (non-hydrogen) atoms. The van der Waals surface area contributed by atoms with Gasteiger partial charge >= 0.3 is 0 Å². The molecular weight excluding hydrogens is 238 g/mol. The molecule has 1 aliphatic rings. The lowest BCUT2D eigenvalue weighted by Crippen LogP contribution is -2.46. The summed E-state index contributed by atoms with van der Waals surface area (Å²) in [6.45, 7) is 7.47. The van der Waals surface area contributed by atoms with Crippen molar-refractivity contribution in [2.75, 3.05) is 37.6 Å². The van der Waals surface area contributed by atoms with E-state index in [1.54, 1.807) is 6.07 Å². The fourth-order valence-corrected chi connectivity index (χ4v) is 2.59. The second kappa shape index (κ2) is 5.05. The van der Waals surface area contributed by atoms with E-state index in [4.69, 9.17) is 0 Å². The van der Waals surface area contributed by atoms with Crippen molar-refractivity contribution in [3.63, 3.8) is 0 Å². The van der Waals surface area contributed by atoms with Crippen LogP contribution in [0.5, 0.6) is 5.75 Å². The Bertz CT molecular complexity index is 577. The molecule has 100 valence electrons. The highest BCUT2D eigenvalue weighted by molar-refractivity contribution is 5.85. The Labute approximate surface area is 113 Å². The molecule has 0 amide bonds. The molecule has 0 saturated carbocycles. The Morgan fingerprint density at radius 1 is 1.11 bits per heavy atom. The van der Waals surface area contributed by atoms with Gasteiger partial charge in [0, 0.05) is 31.6 Å². The van der Waals surface area contributed by atoms with Crippen LogP contribution in [0.25, 0.3) is 10.9 Å². The zero-order chi connectivity index (χ0) is 13.2. The second-order valence-electron chi connectivity index (χ2n) is 4.94. The van der Waals surface area contributed by atoms with Gasteiger partial charge in [0.1, 0.15) is 17.1 Å². The highest BCUT2D eigenvalue weighted by Gasteiger charge is 2.17. The number of hydrogen-bond donors (Lipinski definition) is 1. The Hall–Kier alpha value is -1.81. The number of aromatic hydroxyl groups is 1. The Morgan fingerprint density at radius 2 is 1.89 bits per heavy atom. The molecule has 1 saturated heterocycles. The summed E-state index contributed by atoms with van der Waals surface area (Å²) in [4.78, 5) is 9.34. The summed E-state index contributed by atoms with van der Waals surface area (Å²) in [5.74, 6) is 1.22. The fraction of sp³-hybridized carbons (Fsp3) is 0.400. The smallest absolute Gasteiger partial charge is 0.141 e. The van der Waals surface area contributed by atoms with Crippen molar-refractivity contribution in [1.29, 1.82) is 0 Å². The largest absolute Gasteiger partial charge is 0.506 e. The third-order valence-electron chi connectivity index (χ3n) is 3.83. The monoisotopic (exact) mass is 257 g/mol. The van der Waals surface area contributed by atoms with E-state index in [2.05, 4.69) is 21.7 Å². The number of hydrogen-bond acceptors (Lipinski definition) is 4. The van der Waals surface area contributed by atoms with Gasteiger partial charge in [-0.2, -0.15) is 0 Å². The van der Waals surface area contributed by atoms with Crippen LogP contribution < -0.4 is 4.90 Å². The molecule has 0 atom stereocenters. The number of para-hydroxylation sites is 1. The summed E-state index contributed by atoms with van der Waals surface area (Å²) in [5.41, 5.74) is 0.693. The molecule has 1 aromatic heterocycles. The van der Waals surface area contributed by atoms with Crippen LogP contribution in [-0.2, 0) is 0 Å². The fourth-order valence-electron chi connectivity index (χ4n) is 2.59. The first kappa shape index (κ1) is 12.2.